The molecule has 0 unspecified atom stereocenters. The van der Waals surface area contributed by atoms with E-state index in [2.05, 4.69) is 5.32 Å². The number of nitrogens with zero attached hydrogens (tertiary/aromatic N) is 2. The molecule has 236 valence electrons. The molecule has 6 rings (SSSR count). The van der Waals surface area contributed by atoms with E-state index in [-0.39, 0.29) is 23.6 Å². The first kappa shape index (κ1) is 31.3. The number of allylic oxidation sites excluding steroid dienone is 1. The van der Waals surface area contributed by atoms with E-state index in [4.69, 9.17) is 19.6 Å². The molecule has 5 aromatic rings. The lowest BCUT2D eigenvalue weighted by Crippen LogP contribution is -2.40. The number of fused-ring (bicyclic) bond motifs is 1. The van der Waals surface area contributed by atoms with Crippen LogP contribution >= 0.6 is 11.3 Å². The zero-order chi connectivity index (χ0) is 32.9. The highest BCUT2D eigenvalue weighted by molar-refractivity contribution is 7.07. The van der Waals surface area contributed by atoms with Gasteiger partial charge in [0.05, 0.1) is 34.0 Å². The van der Waals surface area contributed by atoms with Crippen molar-refractivity contribution in [3.05, 3.63) is 156 Å². The monoisotopic (exact) mass is 645 g/mol. The standard InChI is InChI=1S/C37H31N3O6S/c1-3-45-29-19-15-26(16-20-29)33-32(34(41)39-28-7-5-4-6-8-28)23(2)38-37-40(33)35(42)31(47-37)21-24-11-17-30(18-12-24)46-22-25-9-13-27(14-10-25)36(43)44/h4-21,33H,3,22H2,1-2H3,(H,39,41)(H,43,44)/b31-21+/t33-/m1/s1. The van der Waals surface area contributed by atoms with E-state index >= 15 is 0 Å². The number of carbonyl (C=O) groups excluding carboxylic acids is 1. The van der Waals surface area contributed by atoms with Crippen molar-refractivity contribution in [3.8, 4) is 11.5 Å². The molecule has 2 N–H and O–H groups in total. The lowest BCUT2D eigenvalue weighted by Gasteiger charge is -2.25. The van der Waals surface area contributed by atoms with E-state index < -0.39 is 12.0 Å². The molecular weight excluding hydrogens is 614 g/mol. The average molecular weight is 646 g/mol. The van der Waals surface area contributed by atoms with Gasteiger partial charge in [-0.25, -0.2) is 9.79 Å². The molecule has 47 heavy (non-hydrogen) atoms. The van der Waals surface area contributed by atoms with Crippen LogP contribution in [0, 0.1) is 0 Å². The van der Waals surface area contributed by atoms with Gasteiger partial charge in [-0.2, -0.15) is 0 Å². The quantitative estimate of drug-likeness (QED) is 0.206. The number of hydrogen-bond donors (Lipinski definition) is 2. The van der Waals surface area contributed by atoms with Crippen LogP contribution in [0.5, 0.6) is 11.5 Å². The van der Waals surface area contributed by atoms with Gasteiger partial charge in [-0.15, -0.1) is 0 Å². The summed E-state index contributed by atoms with van der Waals surface area (Å²) >= 11 is 1.27. The molecule has 2 heterocycles. The Morgan fingerprint density at radius 1 is 0.915 bits per heavy atom. The van der Waals surface area contributed by atoms with E-state index in [1.165, 1.54) is 11.3 Å². The third kappa shape index (κ3) is 6.92. The third-order valence-electron chi connectivity index (χ3n) is 7.59. The first-order valence-corrected chi connectivity index (χ1v) is 15.8. The number of anilines is 1. The zero-order valence-corrected chi connectivity index (χ0v) is 26.5. The van der Waals surface area contributed by atoms with Crippen molar-refractivity contribution in [3.63, 3.8) is 0 Å². The molecule has 1 aliphatic heterocycles. The second kappa shape index (κ2) is 13.7. The Balaban J connectivity index is 1.31. The van der Waals surface area contributed by atoms with E-state index in [1.54, 1.807) is 41.8 Å². The number of thiazole rings is 1. The molecule has 1 aliphatic rings. The van der Waals surface area contributed by atoms with Gasteiger partial charge in [0.15, 0.2) is 4.80 Å². The van der Waals surface area contributed by atoms with Crippen LogP contribution in [0.3, 0.4) is 0 Å². The topological polar surface area (TPSA) is 119 Å². The van der Waals surface area contributed by atoms with Crippen LogP contribution in [-0.2, 0) is 11.4 Å². The van der Waals surface area contributed by atoms with Gasteiger partial charge in [-0.05, 0) is 85.1 Å². The summed E-state index contributed by atoms with van der Waals surface area (Å²) in [4.78, 5) is 44.1. The zero-order valence-electron chi connectivity index (χ0n) is 25.7. The van der Waals surface area contributed by atoms with E-state index in [1.807, 2.05) is 85.8 Å². The summed E-state index contributed by atoms with van der Waals surface area (Å²) in [6.45, 7) is 4.50. The molecule has 1 aromatic heterocycles. The Kier molecular flexibility index (Phi) is 9.12. The van der Waals surface area contributed by atoms with Crippen molar-refractivity contribution in [2.75, 3.05) is 11.9 Å². The van der Waals surface area contributed by atoms with Crippen molar-refractivity contribution < 1.29 is 24.2 Å². The van der Waals surface area contributed by atoms with Crippen LogP contribution in [0.1, 0.15) is 46.9 Å². The van der Waals surface area contributed by atoms with Crippen LogP contribution in [0.25, 0.3) is 6.08 Å². The smallest absolute Gasteiger partial charge is 0.335 e. The second-order valence-electron chi connectivity index (χ2n) is 10.8. The number of aromatic nitrogens is 1. The number of nitrogens with one attached hydrogen (secondary N) is 1. The molecule has 0 aliphatic carbocycles. The Morgan fingerprint density at radius 3 is 2.23 bits per heavy atom. The van der Waals surface area contributed by atoms with Gasteiger partial charge in [0.2, 0.25) is 0 Å². The fourth-order valence-corrected chi connectivity index (χ4v) is 6.33. The van der Waals surface area contributed by atoms with Crippen LogP contribution in [0.4, 0.5) is 5.69 Å². The van der Waals surface area contributed by atoms with Crippen molar-refractivity contribution in [1.29, 1.82) is 0 Å². The highest BCUT2D eigenvalue weighted by Gasteiger charge is 2.32. The van der Waals surface area contributed by atoms with E-state index in [0.29, 0.717) is 44.4 Å². The van der Waals surface area contributed by atoms with Crippen molar-refractivity contribution in [2.45, 2.75) is 26.5 Å². The van der Waals surface area contributed by atoms with Gasteiger partial charge in [0, 0.05) is 5.69 Å². The Hall–Kier alpha value is -5.74. The summed E-state index contributed by atoms with van der Waals surface area (Å²) in [6, 6.07) is 29.8. The van der Waals surface area contributed by atoms with Crippen LogP contribution in [0.15, 0.2) is 124 Å². The number of ether oxygens (including phenoxy) is 2. The van der Waals surface area contributed by atoms with Gasteiger partial charge in [0.25, 0.3) is 11.5 Å². The van der Waals surface area contributed by atoms with Gasteiger partial charge in [0.1, 0.15) is 18.1 Å². The maximum atomic E-state index is 14.0. The summed E-state index contributed by atoms with van der Waals surface area (Å²) in [5.74, 6) is 0.0182. The first-order chi connectivity index (χ1) is 22.8. The number of benzene rings is 4. The lowest BCUT2D eigenvalue weighted by molar-refractivity contribution is -0.113. The minimum absolute atomic E-state index is 0.219. The molecule has 10 heteroatoms. The van der Waals surface area contributed by atoms with Gasteiger partial charge in [-0.1, -0.05) is 65.9 Å². The average Bonchev–Trinajstić information content (AvgIpc) is 3.38. The number of carbonyl (C=O) groups is 2. The number of hydrogen-bond acceptors (Lipinski definition) is 7. The molecule has 0 saturated heterocycles. The molecular formula is C37H31N3O6S. The van der Waals surface area contributed by atoms with E-state index in [9.17, 15) is 14.4 Å². The molecule has 1 atom stereocenters. The highest BCUT2D eigenvalue weighted by Crippen LogP contribution is 2.32. The van der Waals surface area contributed by atoms with Crippen molar-refractivity contribution >= 4 is 35.0 Å². The van der Waals surface area contributed by atoms with Crippen LogP contribution < -0.4 is 29.7 Å². The number of carboxylic acids is 1. The predicted octanol–water partition coefficient (Wildman–Crippen LogP) is 5.55. The lowest BCUT2D eigenvalue weighted by atomic mass is 9.95. The largest absolute Gasteiger partial charge is 0.494 e. The molecule has 0 saturated carbocycles. The van der Waals surface area contributed by atoms with Crippen molar-refractivity contribution in [2.24, 2.45) is 4.99 Å². The van der Waals surface area contributed by atoms with Crippen molar-refractivity contribution in [1.82, 2.24) is 4.57 Å². The Morgan fingerprint density at radius 2 is 1.57 bits per heavy atom. The molecule has 0 bridgehead atoms. The predicted molar refractivity (Wildman–Crippen MR) is 181 cm³/mol. The maximum absolute atomic E-state index is 14.0. The molecule has 4 aromatic carbocycles. The Labute approximate surface area is 274 Å². The molecule has 9 nitrogen and oxygen atoms in total. The summed E-state index contributed by atoms with van der Waals surface area (Å²) in [7, 11) is 0. The number of aromatic carboxylic acids is 1. The van der Waals surface area contributed by atoms with E-state index in [0.717, 1.165) is 16.7 Å². The molecule has 0 radical (unpaired) electrons. The van der Waals surface area contributed by atoms with Crippen LogP contribution in [0.2, 0.25) is 0 Å². The number of carboxylic acid groups (broad SMARTS) is 1. The third-order valence-corrected chi connectivity index (χ3v) is 8.57. The second-order valence-corrected chi connectivity index (χ2v) is 11.8. The van der Waals surface area contributed by atoms with Gasteiger partial charge < -0.3 is 19.9 Å². The number of para-hydroxylation sites is 1. The highest BCUT2D eigenvalue weighted by atomic mass is 32.1. The fraction of sp³-hybridized carbons (Fsp3) is 0.135. The molecule has 0 fully saturated rings. The van der Waals surface area contributed by atoms with Crippen LogP contribution in [-0.4, -0.2) is 28.2 Å². The minimum Gasteiger partial charge on any atom is -0.494 e. The SMILES string of the molecule is CCOc1ccc([C@@H]2C(C(=O)Nc3ccccc3)=C(C)N=c3s/c(=C/c4ccc(OCc5ccc(C(=O)O)cc5)cc4)c(=O)n32)cc1. The molecule has 1 amide bonds. The summed E-state index contributed by atoms with van der Waals surface area (Å²) in [6.07, 6.45) is 1.80. The summed E-state index contributed by atoms with van der Waals surface area (Å²) < 4.78 is 13.6. The summed E-state index contributed by atoms with van der Waals surface area (Å²) in [5.41, 5.74) is 3.92. The van der Waals surface area contributed by atoms with Gasteiger partial charge in [-0.3, -0.25) is 14.2 Å². The van der Waals surface area contributed by atoms with Gasteiger partial charge >= 0.3 is 5.97 Å². The first-order valence-electron chi connectivity index (χ1n) is 15.0. The number of rotatable bonds is 10. The Bertz CT molecular complexity index is 2130. The minimum atomic E-state index is -0.976. The molecule has 0 spiro atoms. The normalized spacial score (nSPS) is 14.3. The summed E-state index contributed by atoms with van der Waals surface area (Å²) in [5, 5.41) is 12.1. The fourth-order valence-electron chi connectivity index (χ4n) is 5.28. The number of amides is 1. The maximum Gasteiger partial charge on any atom is 0.335 e.